The van der Waals surface area contributed by atoms with Crippen molar-refractivity contribution in [1.29, 1.82) is 0 Å². The highest BCUT2D eigenvalue weighted by molar-refractivity contribution is 5.10. The highest BCUT2D eigenvalue weighted by atomic mass is 19.4. The normalized spacial score (nSPS) is 36.8. The largest absolute Gasteiger partial charge is 0.469 e. The van der Waals surface area contributed by atoms with Crippen molar-refractivity contribution < 1.29 is 32.5 Å². The van der Waals surface area contributed by atoms with Gasteiger partial charge in [0, 0.05) is 24.7 Å². The maximum absolute atomic E-state index is 13.5. The molecule has 1 N–H and O–H groups in total. The van der Waals surface area contributed by atoms with Gasteiger partial charge in [-0.2, -0.15) is 13.2 Å². The molecule has 0 aromatic rings. The average molecular weight is 421 g/mol. The molecule has 1 aliphatic carbocycles. The van der Waals surface area contributed by atoms with Gasteiger partial charge in [0.15, 0.2) is 12.6 Å². The number of alkyl halides is 3. The first-order valence-electron chi connectivity index (χ1n) is 11.2. The first kappa shape index (κ1) is 22.9. The number of ether oxygens (including phenoxy) is 3. The molecule has 4 nitrogen and oxygen atoms in total. The minimum absolute atomic E-state index is 0.0391. The molecule has 0 bridgehead atoms. The van der Waals surface area contributed by atoms with E-state index >= 15 is 0 Å². The first-order valence-corrected chi connectivity index (χ1v) is 11.2. The van der Waals surface area contributed by atoms with Crippen LogP contribution in [0.25, 0.3) is 0 Å². The summed E-state index contributed by atoms with van der Waals surface area (Å²) in [5.41, 5.74) is 0. The van der Waals surface area contributed by atoms with E-state index in [9.17, 15) is 18.3 Å². The number of allylic oxidation sites excluding steroid dienone is 2. The van der Waals surface area contributed by atoms with Gasteiger partial charge in [0.05, 0.1) is 24.4 Å². The summed E-state index contributed by atoms with van der Waals surface area (Å²) in [4.78, 5) is 0. The number of fused-ring (bicyclic) bond motifs is 1. The number of hydrogen-bond acceptors (Lipinski definition) is 4. The van der Waals surface area contributed by atoms with Crippen LogP contribution in [0.2, 0.25) is 0 Å². The Kier molecular flexibility index (Phi) is 7.90. The number of halogens is 3. The van der Waals surface area contributed by atoms with Crippen LogP contribution in [0.4, 0.5) is 13.2 Å². The summed E-state index contributed by atoms with van der Waals surface area (Å²) in [6, 6.07) is 0. The zero-order chi connectivity index (χ0) is 21.0. The van der Waals surface area contributed by atoms with E-state index in [1.807, 2.05) is 6.92 Å². The molecule has 1 saturated carbocycles. The van der Waals surface area contributed by atoms with E-state index in [1.165, 1.54) is 0 Å². The molecule has 0 aromatic heterocycles. The minimum atomic E-state index is -4.21. The third kappa shape index (κ3) is 5.88. The van der Waals surface area contributed by atoms with Gasteiger partial charge in [-0.25, -0.2) is 0 Å². The van der Waals surface area contributed by atoms with Crippen molar-refractivity contribution in [3.8, 4) is 0 Å². The molecule has 29 heavy (non-hydrogen) atoms. The predicted molar refractivity (Wildman–Crippen MR) is 103 cm³/mol. The lowest BCUT2D eigenvalue weighted by Gasteiger charge is -2.31. The summed E-state index contributed by atoms with van der Waals surface area (Å²) in [5.74, 6) is -0.475. The third-order valence-electron chi connectivity index (χ3n) is 6.67. The summed E-state index contributed by atoms with van der Waals surface area (Å²) in [7, 11) is 0. The molecule has 0 aromatic carbocycles. The van der Waals surface area contributed by atoms with E-state index in [0.29, 0.717) is 25.2 Å². The van der Waals surface area contributed by atoms with Crippen LogP contribution >= 0.6 is 0 Å². The van der Waals surface area contributed by atoms with Crippen molar-refractivity contribution in [1.82, 2.24) is 0 Å². The summed E-state index contributed by atoms with van der Waals surface area (Å²) in [6.07, 6.45) is 1.60. The lowest BCUT2D eigenvalue weighted by atomic mass is 9.85. The van der Waals surface area contributed by atoms with Crippen LogP contribution in [0.1, 0.15) is 71.6 Å². The van der Waals surface area contributed by atoms with Crippen molar-refractivity contribution >= 4 is 0 Å². The Morgan fingerprint density at radius 1 is 1.28 bits per heavy atom. The second-order valence-electron chi connectivity index (χ2n) is 8.90. The fourth-order valence-corrected chi connectivity index (χ4v) is 5.12. The van der Waals surface area contributed by atoms with Crippen molar-refractivity contribution in [3.63, 3.8) is 0 Å². The van der Waals surface area contributed by atoms with Crippen molar-refractivity contribution in [2.45, 2.75) is 96.5 Å². The second-order valence-corrected chi connectivity index (χ2v) is 8.90. The highest BCUT2D eigenvalue weighted by Crippen LogP contribution is 2.50. The van der Waals surface area contributed by atoms with Crippen LogP contribution in [-0.2, 0) is 14.2 Å². The molecular formula is C22H35F3O4. The van der Waals surface area contributed by atoms with E-state index in [2.05, 4.69) is 6.92 Å². The number of rotatable bonds is 8. The van der Waals surface area contributed by atoms with Gasteiger partial charge < -0.3 is 19.3 Å². The van der Waals surface area contributed by atoms with E-state index in [1.54, 1.807) is 6.08 Å². The Hall–Kier alpha value is -0.790. The van der Waals surface area contributed by atoms with Crippen LogP contribution < -0.4 is 0 Å². The van der Waals surface area contributed by atoms with Crippen molar-refractivity contribution in [2.75, 3.05) is 6.61 Å². The molecule has 3 rings (SSSR count). The predicted octanol–water partition coefficient (Wildman–Crippen LogP) is 5.55. The lowest BCUT2D eigenvalue weighted by molar-refractivity contribution is -0.176. The van der Waals surface area contributed by atoms with Gasteiger partial charge in [-0.05, 0) is 44.1 Å². The summed E-state index contributed by atoms with van der Waals surface area (Å²) >= 11 is 0. The van der Waals surface area contributed by atoms with Crippen molar-refractivity contribution in [3.05, 3.63) is 11.8 Å². The molecule has 2 saturated heterocycles. The first-order chi connectivity index (χ1) is 13.8. The van der Waals surface area contributed by atoms with Gasteiger partial charge >= 0.3 is 6.18 Å². The molecule has 2 heterocycles. The Balaban J connectivity index is 1.79. The molecule has 3 unspecified atom stereocenters. The smallest absolute Gasteiger partial charge is 0.392 e. The molecule has 7 atom stereocenters. The third-order valence-corrected chi connectivity index (χ3v) is 6.67. The molecular weight excluding hydrogens is 385 g/mol. The zero-order valence-corrected chi connectivity index (χ0v) is 17.5. The summed E-state index contributed by atoms with van der Waals surface area (Å²) in [6.45, 7) is 4.62. The molecule has 0 spiro atoms. The fraction of sp³-hybridized carbons (Fsp3) is 0.909. The summed E-state index contributed by atoms with van der Waals surface area (Å²) in [5, 5.41) is 9.91. The van der Waals surface area contributed by atoms with Crippen LogP contribution in [-0.4, -0.2) is 36.6 Å². The van der Waals surface area contributed by atoms with Crippen LogP contribution in [0.3, 0.4) is 0 Å². The Bertz CT molecular complexity index is 545. The Morgan fingerprint density at radius 2 is 2.07 bits per heavy atom. The quantitative estimate of drug-likeness (QED) is 0.523. The molecule has 0 amide bonds. The Morgan fingerprint density at radius 3 is 2.72 bits per heavy atom. The van der Waals surface area contributed by atoms with Gasteiger partial charge in [-0.3, -0.25) is 0 Å². The van der Waals surface area contributed by atoms with Gasteiger partial charge in [0.25, 0.3) is 0 Å². The summed E-state index contributed by atoms with van der Waals surface area (Å²) < 4.78 is 58.1. The van der Waals surface area contributed by atoms with Gasteiger partial charge in [0.2, 0.25) is 0 Å². The van der Waals surface area contributed by atoms with E-state index in [-0.39, 0.29) is 36.7 Å². The number of hydrogen-bond donors (Lipinski definition) is 1. The maximum Gasteiger partial charge on any atom is 0.392 e. The van der Waals surface area contributed by atoms with Gasteiger partial charge in [-0.15, -0.1) is 0 Å². The SMILES string of the molecule is CCCCC(CC=C(OC1CCCCO1)[C@@H]1[C@H]2CC(O)O[C@@H]2C[C@H]1C)C(F)(F)F. The fourth-order valence-electron chi connectivity index (χ4n) is 5.12. The number of unbranched alkanes of at least 4 members (excludes halogenated alkanes) is 1. The lowest BCUT2D eigenvalue weighted by Crippen LogP contribution is -2.28. The van der Waals surface area contributed by atoms with Crippen LogP contribution in [0.5, 0.6) is 0 Å². The van der Waals surface area contributed by atoms with E-state index < -0.39 is 24.7 Å². The van der Waals surface area contributed by atoms with Crippen LogP contribution in [0, 0.1) is 23.7 Å². The Labute approximate surface area is 171 Å². The second kappa shape index (κ2) is 10.0. The monoisotopic (exact) mass is 420 g/mol. The number of aliphatic hydroxyl groups excluding tert-OH is 1. The molecule has 168 valence electrons. The zero-order valence-electron chi connectivity index (χ0n) is 17.5. The standard InChI is InChI=1S/C22H35F3O4/c1-3-4-7-15(22(23,24)25)9-10-17(29-20-8-5-6-11-27-20)21-14(2)12-18-16(21)13-19(26)28-18/h10,14-16,18-21,26H,3-9,11-13H2,1-2H3/t14-,15?,16+,18-,19?,20?,21+/m1/s1. The van der Waals surface area contributed by atoms with Crippen molar-refractivity contribution in [2.24, 2.45) is 23.7 Å². The molecule has 7 heteroatoms. The topological polar surface area (TPSA) is 47.9 Å². The highest BCUT2D eigenvalue weighted by Gasteiger charge is 2.50. The average Bonchev–Trinajstić information content (AvgIpc) is 3.14. The van der Waals surface area contributed by atoms with Gasteiger partial charge in [-0.1, -0.05) is 26.7 Å². The van der Waals surface area contributed by atoms with Gasteiger partial charge in [0.1, 0.15) is 0 Å². The minimum Gasteiger partial charge on any atom is -0.469 e. The maximum atomic E-state index is 13.5. The van der Waals surface area contributed by atoms with Crippen LogP contribution in [0.15, 0.2) is 11.8 Å². The number of aliphatic hydroxyl groups is 1. The van der Waals surface area contributed by atoms with E-state index in [0.717, 1.165) is 32.1 Å². The molecule has 0 radical (unpaired) electrons. The van der Waals surface area contributed by atoms with E-state index in [4.69, 9.17) is 14.2 Å². The molecule has 2 aliphatic heterocycles. The molecule has 3 aliphatic rings. The molecule has 3 fully saturated rings.